The zero-order chi connectivity index (χ0) is 21.6. The maximum Gasteiger partial charge on any atom is 0.255 e. The summed E-state index contributed by atoms with van der Waals surface area (Å²) >= 11 is 0. The van der Waals surface area contributed by atoms with E-state index in [4.69, 9.17) is 13.9 Å². The van der Waals surface area contributed by atoms with Crippen LogP contribution >= 0.6 is 0 Å². The van der Waals surface area contributed by atoms with Crippen molar-refractivity contribution in [3.05, 3.63) is 69.9 Å². The number of hydrogen-bond donors (Lipinski definition) is 1. The number of hydrogen-bond acceptors (Lipinski definition) is 5. The van der Waals surface area contributed by atoms with Gasteiger partial charge in [-0.05, 0) is 38.3 Å². The Hall–Kier alpha value is -2.96. The summed E-state index contributed by atoms with van der Waals surface area (Å²) in [5.41, 5.74) is 1.87. The summed E-state index contributed by atoms with van der Waals surface area (Å²) in [7, 11) is 0. The Morgan fingerprint density at radius 1 is 1.16 bits per heavy atom. The average molecular weight is 421 g/mol. The highest BCUT2D eigenvalue weighted by Gasteiger charge is 2.18. The van der Waals surface area contributed by atoms with Gasteiger partial charge in [0, 0.05) is 30.9 Å². The summed E-state index contributed by atoms with van der Waals surface area (Å²) in [6, 6.07) is 14.5. The number of amides is 1. The van der Waals surface area contributed by atoms with Crippen LogP contribution in [0.25, 0.3) is 22.3 Å². The first-order valence-electron chi connectivity index (χ1n) is 10.7. The van der Waals surface area contributed by atoms with E-state index in [1.807, 2.05) is 30.3 Å². The molecule has 0 spiro atoms. The maximum atomic E-state index is 12.9. The van der Waals surface area contributed by atoms with E-state index in [1.165, 1.54) is 0 Å². The number of nitrogens with one attached hydrogen (secondary N) is 1. The monoisotopic (exact) mass is 421 g/mol. The van der Waals surface area contributed by atoms with Gasteiger partial charge in [0.1, 0.15) is 5.76 Å². The van der Waals surface area contributed by atoms with Crippen molar-refractivity contribution in [2.24, 2.45) is 0 Å². The van der Waals surface area contributed by atoms with Crippen molar-refractivity contribution < 1.29 is 18.7 Å². The van der Waals surface area contributed by atoms with E-state index in [0.717, 1.165) is 25.0 Å². The average Bonchev–Trinajstić information content (AvgIpc) is 3.32. The van der Waals surface area contributed by atoms with Gasteiger partial charge < -0.3 is 19.2 Å². The molecule has 1 atom stereocenters. The van der Waals surface area contributed by atoms with Crippen molar-refractivity contribution in [2.75, 3.05) is 26.4 Å². The van der Waals surface area contributed by atoms with E-state index in [1.54, 1.807) is 25.1 Å². The third-order valence-electron chi connectivity index (χ3n) is 5.50. The van der Waals surface area contributed by atoms with Crippen LogP contribution in [0.1, 0.15) is 35.2 Å². The Kier molecular flexibility index (Phi) is 6.79. The molecule has 162 valence electrons. The topological polar surface area (TPSA) is 77.8 Å². The lowest BCUT2D eigenvalue weighted by Crippen LogP contribution is -2.26. The third kappa shape index (κ3) is 4.86. The van der Waals surface area contributed by atoms with E-state index in [2.05, 4.69) is 5.32 Å². The Morgan fingerprint density at radius 2 is 2.00 bits per heavy atom. The normalized spacial score (nSPS) is 16.0. The predicted octanol–water partition coefficient (Wildman–Crippen LogP) is 4.08. The van der Waals surface area contributed by atoms with E-state index in [9.17, 15) is 9.59 Å². The number of benzene rings is 2. The zero-order valence-electron chi connectivity index (χ0n) is 17.7. The van der Waals surface area contributed by atoms with Gasteiger partial charge in [-0.2, -0.15) is 0 Å². The van der Waals surface area contributed by atoms with Crippen LogP contribution in [0, 0.1) is 6.92 Å². The standard InChI is InChI=1S/C25H27NO5/c1-17-22(27)20-11-5-12-21(24(20)31-23(17)18-8-3-2-4-9-18)25(28)26-13-7-14-29-16-19-10-6-15-30-19/h2-5,8-9,11-12,19H,6-7,10,13-16H2,1H3,(H,26,28). The number of fused-ring (bicyclic) bond motifs is 1. The molecule has 1 unspecified atom stereocenters. The van der Waals surface area contributed by atoms with Crippen molar-refractivity contribution in [3.8, 4) is 11.3 Å². The summed E-state index contributed by atoms with van der Waals surface area (Å²) < 4.78 is 17.3. The lowest BCUT2D eigenvalue weighted by Gasteiger charge is -2.12. The molecule has 2 heterocycles. The molecule has 0 saturated carbocycles. The van der Waals surface area contributed by atoms with Gasteiger partial charge in [-0.1, -0.05) is 36.4 Å². The molecule has 4 rings (SSSR count). The largest absolute Gasteiger partial charge is 0.455 e. The highest BCUT2D eigenvalue weighted by molar-refractivity contribution is 6.05. The number of carbonyl (C=O) groups excluding carboxylic acids is 1. The molecule has 1 fully saturated rings. The highest BCUT2D eigenvalue weighted by Crippen LogP contribution is 2.27. The van der Waals surface area contributed by atoms with E-state index < -0.39 is 0 Å². The van der Waals surface area contributed by atoms with Gasteiger partial charge in [0.15, 0.2) is 11.0 Å². The minimum atomic E-state index is -0.268. The molecule has 1 amide bonds. The van der Waals surface area contributed by atoms with Crippen LogP contribution in [0.2, 0.25) is 0 Å². The van der Waals surface area contributed by atoms with Gasteiger partial charge in [0.2, 0.25) is 0 Å². The molecule has 0 radical (unpaired) electrons. The van der Waals surface area contributed by atoms with E-state index >= 15 is 0 Å². The van der Waals surface area contributed by atoms with Crippen molar-refractivity contribution in [3.63, 3.8) is 0 Å². The van der Waals surface area contributed by atoms with E-state index in [0.29, 0.717) is 54.0 Å². The molecule has 1 saturated heterocycles. The number of ether oxygens (including phenoxy) is 2. The molecular weight excluding hydrogens is 394 g/mol. The first-order chi connectivity index (χ1) is 15.1. The number of carbonyl (C=O) groups is 1. The molecular formula is C25H27NO5. The second-order valence-electron chi connectivity index (χ2n) is 7.75. The lowest BCUT2D eigenvalue weighted by atomic mass is 10.0. The van der Waals surface area contributed by atoms with Crippen LogP contribution in [0.15, 0.2) is 57.7 Å². The number of para-hydroxylation sites is 1. The second-order valence-corrected chi connectivity index (χ2v) is 7.75. The smallest absolute Gasteiger partial charge is 0.255 e. The second kappa shape index (κ2) is 9.90. The molecule has 3 aromatic rings. The van der Waals surface area contributed by atoms with Crippen LogP contribution in [0.5, 0.6) is 0 Å². The Labute approximate surface area is 181 Å². The van der Waals surface area contributed by atoms with Crippen LogP contribution < -0.4 is 10.7 Å². The minimum Gasteiger partial charge on any atom is -0.455 e. The van der Waals surface area contributed by atoms with Crippen molar-refractivity contribution in [2.45, 2.75) is 32.3 Å². The van der Waals surface area contributed by atoms with Gasteiger partial charge in [-0.15, -0.1) is 0 Å². The van der Waals surface area contributed by atoms with Crippen molar-refractivity contribution in [1.82, 2.24) is 5.32 Å². The Morgan fingerprint density at radius 3 is 2.77 bits per heavy atom. The number of rotatable bonds is 8. The van der Waals surface area contributed by atoms with Gasteiger partial charge in [-0.3, -0.25) is 9.59 Å². The van der Waals surface area contributed by atoms with Gasteiger partial charge in [0.05, 0.1) is 23.7 Å². The molecule has 6 nitrogen and oxygen atoms in total. The summed E-state index contributed by atoms with van der Waals surface area (Å²) in [6.45, 7) is 4.20. The van der Waals surface area contributed by atoms with Crippen LogP contribution in [-0.2, 0) is 9.47 Å². The first kappa shape index (κ1) is 21.3. The fourth-order valence-corrected chi connectivity index (χ4v) is 3.82. The molecule has 0 aliphatic carbocycles. The van der Waals surface area contributed by atoms with Crippen LogP contribution in [-0.4, -0.2) is 38.4 Å². The van der Waals surface area contributed by atoms with Crippen LogP contribution in [0.3, 0.4) is 0 Å². The molecule has 1 aliphatic rings. The molecule has 31 heavy (non-hydrogen) atoms. The van der Waals surface area contributed by atoms with E-state index in [-0.39, 0.29) is 17.4 Å². The van der Waals surface area contributed by atoms with Crippen molar-refractivity contribution in [1.29, 1.82) is 0 Å². The Bertz CT molecular complexity index is 1100. The SMILES string of the molecule is Cc1c(-c2ccccc2)oc2c(C(=O)NCCCOCC3CCCO3)cccc2c1=O. The van der Waals surface area contributed by atoms with Crippen LogP contribution in [0.4, 0.5) is 0 Å². The van der Waals surface area contributed by atoms with Gasteiger partial charge in [-0.25, -0.2) is 0 Å². The molecule has 2 aromatic carbocycles. The third-order valence-corrected chi connectivity index (χ3v) is 5.50. The molecule has 1 aromatic heterocycles. The molecule has 1 aliphatic heterocycles. The molecule has 6 heteroatoms. The summed E-state index contributed by atoms with van der Waals surface area (Å²) in [5.74, 6) is 0.219. The summed E-state index contributed by atoms with van der Waals surface area (Å²) in [4.78, 5) is 25.7. The predicted molar refractivity (Wildman–Crippen MR) is 119 cm³/mol. The highest BCUT2D eigenvalue weighted by atomic mass is 16.5. The maximum absolute atomic E-state index is 12.9. The summed E-state index contributed by atoms with van der Waals surface area (Å²) in [6.07, 6.45) is 3.04. The fourth-order valence-electron chi connectivity index (χ4n) is 3.82. The molecule has 1 N–H and O–H groups in total. The fraction of sp³-hybridized carbons (Fsp3) is 0.360. The zero-order valence-corrected chi connectivity index (χ0v) is 17.7. The van der Waals surface area contributed by atoms with Gasteiger partial charge in [0.25, 0.3) is 5.91 Å². The van der Waals surface area contributed by atoms with Gasteiger partial charge >= 0.3 is 0 Å². The minimum absolute atomic E-state index is 0.128. The summed E-state index contributed by atoms with van der Waals surface area (Å²) in [5, 5.41) is 3.31. The lowest BCUT2D eigenvalue weighted by molar-refractivity contribution is 0.0166. The first-order valence-corrected chi connectivity index (χ1v) is 10.7. The quantitative estimate of drug-likeness (QED) is 0.555. The van der Waals surface area contributed by atoms with Crippen molar-refractivity contribution >= 4 is 16.9 Å². The molecule has 0 bridgehead atoms. The Balaban J connectivity index is 1.46.